The first-order valence-corrected chi connectivity index (χ1v) is 7.16. The molecule has 1 amide bonds. The molecule has 0 spiro atoms. The standard InChI is InChI=1S/C18H19NO3/c1-13-8-6-7-11-16(13)17(20)19(12-14(2)18(21)22)15-9-4-3-5-10-15/h3-11,14H,12H2,1-2H3,(H,21,22). The monoisotopic (exact) mass is 297 g/mol. The van der Waals surface area contributed by atoms with Gasteiger partial charge in [0.05, 0.1) is 5.92 Å². The lowest BCUT2D eigenvalue weighted by Crippen LogP contribution is -2.37. The third-order valence-corrected chi connectivity index (χ3v) is 3.57. The molecular weight excluding hydrogens is 278 g/mol. The third-order valence-electron chi connectivity index (χ3n) is 3.57. The van der Waals surface area contributed by atoms with Gasteiger partial charge in [-0.2, -0.15) is 0 Å². The molecule has 22 heavy (non-hydrogen) atoms. The first kappa shape index (κ1) is 15.8. The molecule has 4 heteroatoms. The average molecular weight is 297 g/mol. The molecule has 1 unspecified atom stereocenters. The zero-order chi connectivity index (χ0) is 16.1. The zero-order valence-corrected chi connectivity index (χ0v) is 12.7. The van der Waals surface area contributed by atoms with E-state index in [4.69, 9.17) is 5.11 Å². The smallest absolute Gasteiger partial charge is 0.308 e. The summed E-state index contributed by atoms with van der Waals surface area (Å²) in [6, 6.07) is 16.5. The Hall–Kier alpha value is -2.62. The van der Waals surface area contributed by atoms with E-state index in [-0.39, 0.29) is 12.5 Å². The van der Waals surface area contributed by atoms with Crippen molar-refractivity contribution in [2.75, 3.05) is 11.4 Å². The Morgan fingerprint density at radius 2 is 1.64 bits per heavy atom. The van der Waals surface area contributed by atoms with Gasteiger partial charge in [0.25, 0.3) is 5.91 Å². The van der Waals surface area contributed by atoms with Crippen molar-refractivity contribution in [1.29, 1.82) is 0 Å². The molecule has 0 bridgehead atoms. The first-order valence-electron chi connectivity index (χ1n) is 7.16. The Morgan fingerprint density at radius 1 is 1.05 bits per heavy atom. The number of aliphatic carboxylic acids is 1. The van der Waals surface area contributed by atoms with Crippen LogP contribution >= 0.6 is 0 Å². The van der Waals surface area contributed by atoms with Gasteiger partial charge in [-0.3, -0.25) is 9.59 Å². The Labute approximate surface area is 130 Å². The number of rotatable bonds is 5. The highest BCUT2D eigenvalue weighted by Crippen LogP contribution is 2.20. The van der Waals surface area contributed by atoms with Crippen LogP contribution in [0.4, 0.5) is 5.69 Å². The van der Waals surface area contributed by atoms with Gasteiger partial charge in [0, 0.05) is 17.8 Å². The summed E-state index contributed by atoms with van der Waals surface area (Å²) in [5.74, 6) is -1.75. The van der Waals surface area contributed by atoms with E-state index in [1.54, 1.807) is 13.0 Å². The topological polar surface area (TPSA) is 57.6 Å². The Morgan fingerprint density at radius 3 is 2.23 bits per heavy atom. The Bertz CT molecular complexity index is 667. The van der Waals surface area contributed by atoms with E-state index in [0.29, 0.717) is 11.3 Å². The first-order chi connectivity index (χ1) is 10.5. The number of carbonyl (C=O) groups is 2. The van der Waals surface area contributed by atoms with Gasteiger partial charge in [-0.1, -0.05) is 43.3 Å². The minimum atomic E-state index is -0.918. The summed E-state index contributed by atoms with van der Waals surface area (Å²) in [4.78, 5) is 25.5. The van der Waals surface area contributed by atoms with E-state index in [9.17, 15) is 9.59 Å². The summed E-state index contributed by atoms with van der Waals surface area (Å²) in [6.07, 6.45) is 0. The summed E-state index contributed by atoms with van der Waals surface area (Å²) >= 11 is 0. The molecule has 0 fully saturated rings. The fourth-order valence-electron chi connectivity index (χ4n) is 2.22. The molecule has 2 rings (SSSR count). The molecule has 0 saturated carbocycles. The highest BCUT2D eigenvalue weighted by Gasteiger charge is 2.23. The minimum absolute atomic E-state index is 0.131. The van der Waals surface area contributed by atoms with Gasteiger partial charge >= 0.3 is 5.97 Å². The van der Waals surface area contributed by atoms with Crippen LogP contribution in [0.1, 0.15) is 22.8 Å². The molecule has 0 aliphatic carbocycles. The largest absolute Gasteiger partial charge is 0.481 e. The molecule has 1 N–H and O–H groups in total. The van der Waals surface area contributed by atoms with Crippen molar-refractivity contribution in [2.45, 2.75) is 13.8 Å². The number of carboxylic acids is 1. The fourth-order valence-corrected chi connectivity index (χ4v) is 2.22. The molecule has 2 aromatic carbocycles. The minimum Gasteiger partial charge on any atom is -0.481 e. The summed E-state index contributed by atoms with van der Waals surface area (Å²) in [6.45, 7) is 3.60. The Balaban J connectivity index is 2.38. The number of nitrogens with zero attached hydrogens (tertiary/aromatic N) is 1. The van der Waals surface area contributed by atoms with E-state index in [2.05, 4.69) is 0 Å². The van der Waals surface area contributed by atoms with Crippen LogP contribution in [0, 0.1) is 12.8 Å². The van der Waals surface area contributed by atoms with Crippen molar-refractivity contribution >= 4 is 17.6 Å². The maximum Gasteiger partial charge on any atom is 0.308 e. The number of anilines is 1. The van der Waals surface area contributed by atoms with Gasteiger partial charge in [0.15, 0.2) is 0 Å². The molecule has 4 nitrogen and oxygen atoms in total. The van der Waals surface area contributed by atoms with Crippen molar-refractivity contribution in [1.82, 2.24) is 0 Å². The van der Waals surface area contributed by atoms with E-state index in [1.807, 2.05) is 55.5 Å². The molecule has 0 saturated heterocycles. The number of aryl methyl sites for hydroxylation is 1. The maximum absolute atomic E-state index is 12.9. The number of carbonyl (C=O) groups excluding carboxylic acids is 1. The lowest BCUT2D eigenvalue weighted by Gasteiger charge is -2.25. The van der Waals surface area contributed by atoms with Crippen LogP contribution in [-0.4, -0.2) is 23.5 Å². The maximum atomic E-state index is 12.9. The van der Waals surface area contributed by atoms with Crippen molar-refractivity contribution in [2.24, 2.45) is 5.92 Å². The summed E-state index contributed by atoms with van der Waals surface area (Å²) in [5, 5.41) is 9.15. The average Bonchev–Trinajstić information content (AvgIpc) is 2.53. The quantitative estimate of drug-likeness (QED) is 0.920. The van der Waals surface area contributed by atoms with E-state index < -0.39 is 11.9 Å². The number of amides is 1. The van der Waals surface area contributed by atoms with Gasteiger partial charge in [-0.05, 0) is 30.7 Å². The second-order valence-corrected chi connectivity index (χ2v) is 5.31. The van der Waals surface area contributed by atoms with Crippen LogP contribution < -0.4 is 4.90 Å². The highest BCUT2D eigenvalue weighted by molar-refractivity contribution is 6.07. The van der Waals surface area contributed by atoms with Crippen molar-refractivity contribution in [3.8, 4) is 0 Å². The summed E-state index contributed by atoms with van der Waals surface area (Å²) in [5.41, 5.74) is 2.16. The number of benzene rings is 2. The number of hydrogen-bond acceptors (Lipinski definition) is 2. The van der Waals surface area contributed by atoms with E-state index >= 15 is 0 Å². The van der Waals surface area contributed by atoms with E-state index in [1.165, 1.54) is 4.90 Å². The fraction of sp³-hybridized carbons (Fsp3) is 0.222. The number of para-hydroxylation sites is 1. The van der Waals surface area contributed by atoms with Crippen molar-refractivity contribution in [3.63, 3.8) is 0 Å². The predicted molar refractivity (Wildman–Crippen MR) is 86.1 cm³/mol. The zero-order valence-electron chi connectivity index (χ0n) is 12.7. The highest BCUT2D eigenvalue weighted by atomic mass is 16.4. The van der Waals surface area contributed by atoms with Crippen LogP contribution in [0.3, 0.4) is 0 Å². The van der Waals surface area contributed by atoms with Gasteiger partial charge in [-0.15, -0.1) is 0 Å². The van der Waals surface area contributed by atoms with Crippen molar-refractivity contribution in [3.05, 3.63) is 65.7 Å². The number of carboxylic acid groups (broad SMARTS) is 1. The molecule has 0 aromatic heterocycles. The lowest BCUT2D eigenvalue weighted by molar-refractivity contribution is -0.140. The van der Waals surface area contributed by atoms with Crippen molar-refractivity contribution < 1.29 is 14.7 Å². The second kappa shape index (κ2) is 6.89. The molecule has 0 radical (unpaired) electrons. The van der Waals surface area contributed by atoms with Crippen LogP contribution in [-0.2, 0) is 4.79 Å². The molecule has 1 atom stereocenters. The van der Waals surface area contributed by atoms with Crippen LogP contribution in [0.5, 0.6) is 0 Å². The molecule has 2 aromatic rings. The van der Waals surface area contributed by atoms with Gasteiger partial charge in [0.2, 0.25) is 0 Å². The Kier molecular flexibility index (Phi) is 4.94. The SMILES string of the molecule is Cc1ccccc1C(=O)N(CC(C)C(=O)O)c1ccccc1. The lowest BCUT2D eigenvalue weighted by atomic mass is 10.1. The third kappa shape index (κ3) is 3.52. The normalized spacial score (nSPS) is 11.7. The van der Waals surface area contributed by atoms with Gasteiger partial charge in [-0.25, -0.2) is 0 Å². The van der Waals surface area contributed by atoms with Crippen LogP contribution in [0.25, 0.3) is 0 Å². The summed E-state index contributed by atoms with van der Waals surface area (Å²) in [7, 11) is 0. The van der Waals surface area contributed by atoms with Crippen LogP contribution in [0.2, 0.25) is 0 Å². The summed E-state index contributed by atoms with van der Waals surface area (Å²) < 4.78 is 0. The molecular formula is C18H19NO3. The molecule has 0 heterocycles. The van der Waals surface area contributed by atoms with Gasteiger partial charge < -0.3 is 10.0 Å². The second-order valence-electron chi connectivity index (χ2n) is 5.31. The number of hydrogen-bond donors (Lipinski definition) is 1. The predicted octanol–water partition coefficient (Wildman–Crippen LogP) is 3.36. The molecule has 0 aliphatic rings. The van der Waals surface area contributed by atoms with Gasteiger partial charge in [0.1, 0.15) is 0 Å². The molecule has 114 valence electrons. The van der Waals surface area contributed by atoms with E-state index in [0.717, 1.165) is 5.56 Å². The molecule has 0 aliphatic heterocycles. The van der Waals surface area contributed by atoms with Crippen LogP contribution in [0.15, 0.2) is 54.6 Å².